The van der Waals surface area contributed by atoms with Gasteiger partial charge in [0.05, 0.1) is 0 Å². The zero-order chi connectivity index (χ0) is 11.4. The highest BCUT2D eigenvalue weighted by atomic mass is 35.5. The van der Waals surface area contributed by atoms with Crippen LogP contribution in [-0.2, 0) is 0 Å². The van der Waals surface area contributed by atoms with Crippen molar-refractivity contribution in [2.45, 2.75) is 0 Å². The summed E-state index contributed by atoms with van der Waals surface area (Å²) in [5.41, 5.74) is 2.93. The van der Waals surface area contributed by atoms with Gasteiger partial charge in [-0.25, -0.2) is 0 Å². The summed E-state index contributed by atoms with van der Waals surface area (Å²) in [5, 5.41) is 3.97. The normalized spacial score (nSPS) is 9.81. The number of nitrogens with one attached hydrogen (secondary N) is 1. The molecule has 1 N–H and O–H groups in total. The molecule has 2 heteroatoms. The first-order valence-electron chi connectivity index (χ1n) is 5.02. The highest BCUT2D eigenvalue weighted by molar-refractivity contribution is 6.30. The van der Waals surface area contributed by atoms with Crippen molar-refractivity contribution in [3.63, 3.8) is 0 Å². The topological polar surface area (TPSA) is 12.0 Å². The third-order valence-electron chi connectivity index (χ3n) is 2.26. The maximum Gasteiger partial charge on any atom is 0.0406 e. The monoisotopic (exact) mass is 229 g/mol. The SMILES string of the molecule is C=C(Nc1ccccc1)c1ccc(Cl)cc1. The summed E-state index contributed by atoms with van der Waals surface area (Å²) in [4.78, 5) is 0. The first-order valence-corrected chi connectivity index (χ1v) is 5.40. The van der Waals surface area contributed by atoms with E-state index in [1.807, 2.05) is 54.6 Å². The summed E-state index contributed by atoms with van der Waals surface area (Å²) < 4.78 is 0. The minimum Gasteiger partial charge on any atom is -0.356 e. The molecule has 1 nitrogen and oxygen atoms in total. The maximum absolute atomic E-state index is 5.83. The second-order valence-electron chi connectivity index (χ2n) is 3.48. The number of halogens is 1. The van der Waals surface area contributed by atoms with Gasteiger partial charge in [0.25, 0.3) is 0 Å². The summed E-state index contributed by atoms with van der Waals surface area (Å²) >= 11 is 5.83. The Balaban J connectivity index is 2.12. The summed E-state index contributed by atoms with van der Waals surface area (Å²) in [7, 11) is 0. The molecule has 0 atom stereocenters. The number of hydrogen-bond donors (Lipinski definition) is 1. The summed E-state index contributed by atoms with van der Waals surface area (Å²) in [6.45, 7) is 4.00. The molecule has 0 fully saturated rings. The number of anilines is 1. The second kappa shape index (κ2) is 4.86. The second-order valence-corrected chi connectivity index (χ2v) is 3.91. The van der Waals surface area contributed by atoms with Crippen molar-refractivity contribution in [2.24, 2.45) is 0 Å². The Morgan fingerprint density at radius 3 is 2.19 bits per heavy atom. The van der Waals surface area contributed by atoms with E-state index < -0.39 is 0 Å². The smallest absolute Gasteiger partial charge is 0.0406 e. The third-order valence-corrected chi connectivity index (χ3v) is 2.51. The van der Waals surface area contributed by atoms with Crippen LogP contribution < -0.4 is 5.32 Å². The average Bonchev–Trinajstić information content (AvgIpc) is 2.31. The van der Waals surface area contributed by atoms with E-state index in [1.165, 1.54) is 0 Å². The third kappa shape index (κ3) is 2.65. The van der Waals surface area contributed by atoms with Crippen LogP contribution in [0.5, 0.6) is 0 Å². The summed E-state index contributed by atoms with van der Waals surface area (Å²) in [6, 6.07) is 17.6. The molecule has 0 aromatic heterocycles. The molecule has 2 aromatic rings. The molecule has 0 heterocycles. The zero-order valence-corrected chi connectivity index (χ0v) is 9.54. The molecule has 0 amide bonds. The van der Waals surface area contributed by atoms with Gasteiger partial charge in [-0.2, -0.15) is 0 Å². The van der Waals surface area contributed by atoms with Crippen LogP contribution in [0.25, 0.3) is 5.70 Å². The van der Waals surface area contributed by atoms with Crippen LogP contribution in [0.4, 0.5) is 5.69 Å². The molecule has 0 aliphatic rings. The van der Waals surface area contributed by atoms with Gasteiger partial charge < -0.3 is 5.32 Å². The Hall–Kier alpha value is -1.73. The standard InChI is InChI=1S/C14H12ClN/c1-11(12-7-9-13(15)10-8-12)16-14-5-3-2-4-6-14/h2-10,16H,1H2. The number of para-hydroxylation sites is 1. The van der Waals surface area contributed by atoms with E-state index in [2.05, 4.69) is 11.9 Å². The van der Waals surface area contributed by atoms with Gasteiger partial charge in [0.1, 0.15) is 0 Å². The largest absolute Gasteiger partial charge is 0.356 e. The van der Waals surface area contributed by atoms with E-state index in [1.54, 1.807) is 0 Å². The Morgan fingerprint density at radius 1 is 0.938 bits per heavy atom. The van der Waals surface area contributed by atoms with Crippen molar-refractivity contribution in [3.8, 4) is 0 Å². The Kier molecular flexibility index (Phi) is 3.28. The Labute approximate surface area is 100 Å². The molecule has 0 spiro atoms. The van der Waals surface area contributed by atoms with Gasteiger partial charge >= 0.3 is 0 Å². The summed E-state index contributed by atoms with van der Waals surface area (Å²) in [6.07, 6.45) is 0. The molecule has 0 radical (unpaired) electrons. The first kappa shape index (κ1) is 10.8. The minimum absolute atomic E-state index is 0.733. The lowest BCUT2D eigenvalue weighted by atomic mass is 10.1. The van der Waals surface area contributed by atoms with Crippen molar-refractivity contribution >= 4 is 23.0 Å². The predicted octanol–water partition coefficient (Wildman–Crippen LogP) is 4.42. The van der Waals surface area contributed by atoms with Gasteiger partial charge in [-0.1, -0.05) is 48.5 Å². The van der Waals surface area contributed by atoms with Crippen LogP contribution in [0.1, 0.15) is 5.56 Å². The van der Waals surface area contributed by atoms with Crippen molar-refractivity contribution in [1.29, 1.82) is 0 Å². The molecule has 80 valence electrons. The Morgan fingerprint density at radius 2 is 1.56 bits per heavy atom. The van der Waals surface area contributed by atoms with Crippen LogP contribution >= 0.6 is 11.6 Å². The van der Waals surface area contributed by atoms with Gasteiger partial charge in [0.15, 0.2) is 0 Å². The quantitative estimate of drug-likeness (QED) is 0.822. The van der Waals surface area contributed by atoms with Gasteiger partial charge in [-0.15, -0.1) is 0 Å². The van der Waals surface area contributed by atoms with E-state index in [4.69, 9.17) is 11.6 Å². The molecule has 0 aliphatic heterocycles. The summed E-state index contributed by atoms with van der Waals surface area (Å²) in [5.74, 6) is 0. The lowest BCUT2D eigenvalue weighted by molar-refractivity contribution is 1.54. The zero-order valence-electron chi connectivity index (χ0n) is 8.78. The molecule has 0 bridgehead atoms. The van der Waals surface area contributed by atoms with Crippen LogP contribution in [0, 0.1) is 0 Å². The van der Waals surface area contributed by atoms with Gasteiger partial charge in [0, 0.05) is 16.4 Å². The predicted molar refractivity (Wildman–Crippen MR) is 70.6 cm³/mol. The lowest BCUT2D eigenvalue weighted by Crippen LogP contribution is -1.96. The number of rotatable bonds is 3. The number of hydrogen-bond acceptors (Lipinski definition) is 1. The van der Waals surface area contributed by atoms with Gasteiger partial charge in [-0.3, -0.25) is 0 Å². The molecule has 0 aliphatic carbocycles. The van der Waals surface area contributed by atoms with Crippen molar-refractivity contribution in [3.05, 3.63) is 71.8 Å². The fraction of sp³-hybridized carbons (Fsp3) is 0. The molecule has 16 heavy (non-hydrogen) atoms. The van der Waals surface area contributed by atoms with E-state index in [9.17, 15) is 0 Å². The fourth-order valence-corrected chi connectivity index (χ4v) is 1.54. The fourth-order valence-electron chi connectivity index (χ4n) is 1.42. The van der Waals surface area contributed by atoms with E-state index >= 15 is 0 Å². The first-order chi connectivity index (χ1) is 7.75. The lowest BCUT2D eigenvalue weighted by Gasteiger charge is -2.09. The minimum atomic E-state index is 0.733. The van der Waals surface area contributed by atoms with Crippen LogP contribution in [-0.4, -0.2) is 0 Å². The molecule has 2 aromatic carbocycles. The van der Waals surface area contributed by atoms with E-state index in [0.717, 1.165) is 22.0 Å². The van der Waals surface area contributed by atoms with Crippen molar-refractivity contribution in [2.75, 3.05) is 5.32 Å². The highest BCUT2D eigenvalue weighted by Crippen LogP contribution is 2.18. The number of benzene rings is 2. The van der Waals surface area contributed by atoms with Crippen molar-refractivity contribution < 1.29 is 0 Å². The molecule has 0 unspecified atom stereocenters. The molecular formula is C14H12ClN. The van der Waals surface area contributed by atoms with Crippen LogP contribution in [0.15, 0.2) is 61.2 Å². The van der Waals surface area contributed by atoms with Gasteiger partial charge in [-0.05, 0) is 29.8 Å². The molecule has 0 saturated carbocycles. The average molecular weight is 230 g/mol. The van der Waals surface area contributed by atoms with Crippen LogP contribution in [0.2, 0.25) is 5.02 Å². The molecular weight excluding hydrogens is 218 g/mol. The van der Waals surface area contributed by atoms with E-state index in [-0.39, 0.29) is 0 Å². The van der Waals surface area contributed by atoms with Gasteiger partial charge in [0.2, 0.25) is 0 Å². The maximum atomic E-state index is 5.83. The highest BCUT2D eigenvalue weighted by Gasteiger charge is 1.98. The van der Waals surface area contributed by atoms with Crippen LogP contribution in [0.3, 0.4) is 0 Å². The Bertz CT molecular complexity index is 474. The van der Waals surface area contributed by atoms with E-state index in [0.29, 0.717) is 0 Å². The van der Waals surface area contributed by atoms with Crippen molar-refractivity contribution in [1.82, 2.24) is 0 Å². The molecule has 0 saturated heterocycles. The molecule has 2 rings (SSSR count).